The molecule has 4 heterocycles. The lowest BCUT2D eigenvalue weighted by Gasteiger charge is -2.40. The van der Waals surface area contributed by atoms with Crippen LogP contribution in [0.15, 0.2) is 34.9 Å². The molecule has 0 bridgehead atoms. The molecule has 2 fully saturated rings. The van der Waals surface area contributed by atoms with Crippen molar-refractivity contribution < 1.29 is 4.74 Å². The molecule has 7 nitrogen and oxygen atoms in total. The van der Waals surface area contributed by atoms with Gasteiger partial charge in [-0.25, -0.2) is 0 Å². The average molecular weight is 417 g/mol. The van der Waals surface area contributed by atoms with Gasteiger partial charge >= 0.3 is 0 Å². The summed E-state index contributed by atoms with van der Waals surface area (Å²) in [6.07, 6.45) is 6.47. The zero-order valence-electron chi connectivity index (χ0n) is 17.6. The minimum absolute atomic E-state index is 0.0377. The second-order valence-corrected chi connectivity index (χ2v) is 9.00. The summed E-state index contributed by atoms with van der Waals surface area (Å²) >= 11 is 1.87. The molecule has 0 saturated carbocycles. The fraction of sp³-hybridized carbons (Fsp3) is 0.619. The maximum absolute atomic E-state index is 5.99. The van der Waals surface area contributed by atoms with Gasteiger partial charge < -0.3 is 15.0 Å². The van der Waals surface area contributed by atoms with Crippen molar-refractivity contribution in [3.8, 4) is 0 Å². The number of aryl methyl sites for hydroxylation is 1. The minimum atomic E-state index is 0.0377. The van der Waals surface area contributed by atoms with E-state index in [1.54, 1.807) is 0 Å². The van der Waals surface area contributed by atoms with E-state index in [4.69, 9.17) is 4.74 Å². The van der Waals surface area contributed by atoms with Crippen LogP contribution in [0, 0.1) is 5.92 Å². The van der Waals surface area contributed by atoms with Gasteiger partial charge in [-0.3, -0.25) is 14.6 Å². The van der Waals surface area contributed by atoms with E-state index >= 15 is 0 Å². The van der Waals surface area contributed by atoms with Crippen LogP contribution in [0.3, 0.4) is 0 Å². The van der Waals surface area contributed by atoms with Crippen molar-refractivity contribution in [3.63, 3.8) is 0 Å². The van der Waals surface area contributed by atoms with Crippen LogP contribution in [-0.4, -0.2) is 72.4 Å². The number of nitrogens with zero attached hydrogens (tertiary/aromatic N) is 5. The monoisotopic (exact) mass is 416 g/mol. The topological polar surface area (TPSA) is 57.9 Å². The maximum atomic E-state index is 5.99. The molecule has 2 saturated heterocycles. The van der Waals surface area contributed by atoms with E-state index in [0.717, 1.165) is 31.2 Å². The molecule has 0 amide bonds. The standard InChI is InChI=1S/C21H32N6OS/c1-22-21(27-9-10-28-18(15-27)17-13-24-26(3)14-17)23-12-16-6-4-8-25(2)20(16)19-7-5-11-29-19/h5,7,11,13-14,16,18,20H,4,6,8-10,12,15H2,1-3H3,(H,22,23). The van der Waals surface area contributed by atoms with Crippen molar-refractivity contribution in [1.29, 1.82) is 0 Å². The lowest BCUT2D eigenvalue weighted by atomic mass is 9.88. The summed E-state index contributed by atoms with van der Waals surface area (Å²) in [5, 5.41) is 10.2. The minimum Gasteiger partial charge on any atom is -0.370 e. The summed E-state index contributed by atoms with van der Waals surface area (Å²) in [6, 6.07) is 4.93. The van der Waals surface area contributed by atoms with E-state index in [2.05, 4.69) is 49.8 Å². The van der Waals surface area contributed by atoms with Gasteiger partial charge in [0, 0.05) is 49.9 Å². The summed E-state index contributed by atoms with van der Waals surface area (Å²) in [5.74, 6) is 1.56. The molecule has 8 heteroatoms. The Hall–Kier alpha value is -1.90. The Morgan fingerprint density at radius 3 is 3.00 bits per heavy atom. The molecule has 0 spiro atoms. The number of thiophene rings is 1. The van der Waals surface area contributed by atoms with Gasteiger partial charge in [0.05, 0.1) is 19.3 Å². The lowest BCUT2D eigenvalue weighted by Crippen LogP contribution is -2.50. The highest BCUT2D eigenvalue weighted by atomic mass is 32.1. The summed E-state index contributed by atoms with van der Waals surface area (Å²) in [7, 11) is 6.07. The SMILES string of the molecule is CN=C(NCC1CCCN(C)C1c1cccs1)N1CCOC(c2cnn(C)c2)C1. The first-order valence-corrected chi connectivity index (χ1v) is 11.3. The second-order valence-electron chi connectivity index (χ2n) is 8.02. The molecule has 2 aromatic rings. The van der Waals surface area contributed by atoms with Gasteiger partial charge in [0.15, 0.2) is 5.96 Å². The number of aromatic nitrogens is 2. The third-order valence-electron chi connectivity index (χ3n) is 6.04. The molecular weight excluding hydrogens is 384 g/mol. The molecule has 0 aromatic carbocycles. The quantitative estimate of drug-likeness (QED) is 0.613. The first kappa shape index (κ1) is 20.4. The van der Waals surface area contributed by atoms with Crippen molar-refractivity contribution in [1.82, 2.24) is 24.9 Å². The fourth-order valence-electron chi connectivity index (χ4n) is 4.59. The third-order valence-corrected chi connectivity index (χ3v) is 6.98. The normalized spacial score (nSPS) is 26.7. The number of ether oxygens (including phenoxy) is 1. The third kappa shape index (κ3) is 4.65. The molecule has 2 aromatic heterocycles. The van der Waals surface area contributed by atoms with E-state index in [-0.39, 0.29) is 6.10 Å². The van der Waals surface area contributed by atoms with Gasteiger partial charge in [0.1, 0.15) is 6.10 Å². The number of aliphatic imine (C=N–C) groups is 1. The highest BCUT2D eigenvalue weighted by Crippen LogP contribution is 2.36. The number of piperidine rings is 1. The molecule has 4 rings (SSSR count). The molecule has 2 aliphatic rings. The van der Waals surface area contributed by atoms with Crippen LogP contribution in [0.2, 0.25) is 0 Å². The molecule has 1 N–H and O–H groups in total. The largest absolute Gasteiger partial charge is 0.370 e. The van der Waals surface area contributed by atoms with Gasteiger partial charge in [-0.1, -0.05) is 6.07 Å². The lowest BCUT2D eigenvalue weighted by molar-refractivity contribution is -0.00821. The molecule has 3 unspecified atom stereocenters. The number of likely N-dealkylation sites (tertiary alicyclic amines) is 1. The molecule has 2 aliphatic heterocycles. The predicted molar refractivity (Wildman–Crippen MR) is 117 cm³/mol. The average Bonchev–Trinajstić information content (AvgIpc) is 3.41. The van der Waals surface area contributed by atoms with E-state index in [9.17, 15) is 0 Å². The zero-order valence-corrected chi connectivity index (χ0v) is 18.4. The molecule has 29 heavy (non-hydrogen) atoms. The van der Waals surface area contributed by atoms with E-state index in [1.807, 2.05) is 42.5 Å². The summed E-state index contributed by atoms with van der Waals surface area (Å²) in [4.78, 5) is 10.9. The molecule has 0 aliphatic carbocycles. The van der Waals surface area contributed by atoms with E-state index < -0.39 is 0 Å². The van der Waals surface area contributed by atoms with Crippen molar-refractivity contribution in [2.45, 2.75) is 25.0 Å². The predicted octanol–water partition coefficient (Wildman–Crippen LogP) is 2.51. The number of morpholine rings is 1. The van der Waals surface area contributed by atoms with E-state index in [0.29, 0.717) is 18.6 Å². The first-order chi connectivity index (χ1) is 14.2. The first-order valence-electron chi connectivity index (χ1n) is 10.4. The van der Waals surface area contributed by atoms with Crippen LogP contribution >= 0.6 is 11.3 Å². The Kier molecular flexibility index (Phi) is 6.52. The highest BCUT2D eigenvalue weighted by molar-refractivity contribution is 7.10. The molecule has 158 valence electrons. The number of hydrogen-bond donors (Lipinski definition) is 1. The van der Waals surface area contributed by atoms with Crippen LogP contribution in [0.1, 0.15) is 35.4 Å². The van der Waals surface area contributed by atoms with Crippen molar-refractivity contribution in [2.24, 2.45) is 18.0 Å². The van der Waals surface area contributed by atoms with Crippen molar-refractivity contribution in [2.75, 3.05) is 46.9 Å². The van der Waals surface area contributed by atoms with Crippen molar-refractivity contribution in [3.05, 3.63) is 40.3 Å². The Morgan fingerprint density at radius 2 is 2.28 bits per heavy atom. The summed E-state index contributed by atoms with van der Waals surface area (Å²) in [5.41, 5.74) is 1.12. The second kappa shape index (κ2) is 9.28. The Labute approximate surface area is 177 Å². The number of rotatable bonds is 4. The van der Waals surface area contributed by atoms with Crippen LogP contribution in [0.4, 0.5) is 0 Å². The Morgan fingerprint density at radius 1 is 1.38 bits per heavy atom. The highest BCUT2D eigenvalue weighted by Gasteiger charge is 2.32. The molecule has 0 radical (unpaired) electrons. The van der Waals surface area contributed by atoms with Crippen LogP contribution in [0.5, 0.6) is 0 Å². The number of nitrogens with one attached hydrogen (secondary N) is 1. The van der Waals surface area contributed by atoms with Crippen LogP contribution in [0.25, 0.3) is 0 Å². The zero-order chi connectivity index (χ0) is 20.2. The molecule has 3 atom stereocenters. The number of guanidine groups is 1. The smallest absolute Gasteiger partial charge is 0.193 e. The van der Waals surface area contributed by atoms with Gasteiger partial charge in [0.25, 0.3) is 0 Å². The van der Waals surface area contributed by atoms with Crippen LogP contribution < -0.4 is 5.32 Å². The number of hydrogen-bond acceptors (Lipinski definition) is 5. The fourth-order valence-corrected chi connectivity index (χ4v) is 5.57. The van der Waals surface area contributed by atoms with Crippen molar-refractivity contribution >= 4 is 17.3 Å². The van der Waals surface area contributed by atoms with E-state index in [1.165, 1.54) is 24.3 Å². The Bertz CT molecular complexity index is 804. The summed E-state index contributed by atoms with van der Waals surface area (Å²) in [6.45, 7) is 4.46. The summed E-state index contributed by atoms with van der Waals surface area (Å²) < 4.78 is 7.82. The van der Waals surface area contributed by atoms with Gasteiger partial charge in [0.2, 0.25) is 0 Å². The van der Waals surface area contributed by atoms with Gasteiger partial charge in [-0.05, 0) is 43.8 Å². The Balaban J connectivity index is 1.39. The van der Waals surface area contributed by atoms with Gasteiger partial charge in [-0.15, -0.1) is 11.3 Å². The van der Waals surface area contributed by atoms with Gasteiger partial charge in [-0.2, -0.15) is 5.10 Å². The maximum Gasteiger partial charge on any atom is 0.193 e. The molecular formula is C21H32N6OS. The van der Waals surface area contributed by atoms with Crippen LogP contribution in [-0.2, 0) is 11.8 Å².